The SMILES string of the molecule is O=C(NCCn1cc(Cl)cn1)c1cccc(COc2ccc([N+](=O)[O-])cc2)c1. The Labute approximate surface area is 165 Å². The van der Waals surface area contributed by atoms with Crippen LogP contribution < -0.4 is 10.1 Å². The van der Waals surface area contributed by atoms with Gasteiger partial charge in [0, 0.05) is 30.4 Å². The summed E-state index contributed by atoms with van der Waals surface area (Å²) >= 11 is 5.80. The molecule has 0 saturated heterocycles. The molecule has 0 unspecified atom stereocenters. The van der Waals surface area contributed by atoms with Gasteiger partial charge in [0.1, 0.15) is 12.4 Å². The third kappa shape index (κ3) is 5.31. The standard InChI is InChI=1S/C19H17ClN4O4/c20-16-11-22-23(12-16)9-8-21-19(25)15-3-1-2-14(10-15)13-28-18-6-4-17(5-7-18)24(26)27/h1-7,10-12H,8-9,13H2,(H,21,25). The molecule has 2 aromatic carbocycles. The molecule has 28 heavy (non-hydrogen) atoms. The molecule has 0 aliphatic heterocycles. The summed E-state index contributed by atoms with van der Waals surface area (Å²) in [5.74, 6) is 0.314. The Bertz CT molecular complexity index is 972. The van der Waals surface area contributed by atoms with Crippen LogP contribution in [-0.2, 0) is 13.2 Å². The van der Waals surface area contributed by atoms with Crippen LogP contribution in [-0.4, -0.2) is 27.2 Å². The molecule has 0 fully saturated rings. The summed E-state index contributed by atoms with van der Waals surface area (Å²) < 4.78 is 7.27. The van der Waals surface area contributed by atoms with Gasteiger partial charge >= 0.3 is 0 Å². The normalized spacial score (nSPS) is 10.5. The number of nitrogens with zero attached hydrogens (tertiary/aromatic N) is 3. The van der Waals surface area contributed by atoms with Crippen LogP contribution in [0.5, 0.6) is 5.75 Å². The molecule has 1 N–H and O–H groups in total. The van der Waals surface area contributed by atoms with Crippen LogP contribution in [0.3, 0.4) is 0 Å². The average Bonchev–Trinajstić information content (AvgIpc) is 3.12. The number of benzene rings is 2. The Hall–Kier alpha value is -3.39. The van der Waals surface area contributed by atoms with Crippen LogP contribution >= 0.6 is 11.6 Å². The lowest BCUT2D eigenvalue weighted by Crippen LogP contribution is -2.27. The van der Waals surface area contributed by atoms with Crippen molar-refractivity contribution in [3.05, 3.63) is 87.2 Å². The van der Waals surface area contributed by atoms with E-state index in [1.54, 1.807) is 29.1 Å². The molecule has 1 amide bonds. The Morgan fingerprint density at radius 1 is 1.25 bits per heavy atom. The van der Waals surface area contributed by atoms with E-state index >= 15 is 0 Å². The van der Waals surface area contributed by atoms with Gasteiger partial charge in [0.15, 0.2) is 0 Å². The molecule has 1 aromatic heterocycles. The van der Waals surface area contributed by atoms with Gasteiger partial charge in [-0.1, -0.05) is 23.7 Å². The predicted molar refractivity (Wildman–Crippen MR) is 103 cm³/mol. The third-order valence-electron chi connectivity index (χ3n) is 3.87. The lowest BCUT2D eigenvalue weighted by atomic mass is 10.1. The van der Waals surface area contributed by atoms with Crippen molar-refractivity contribution in [2.24, 2.45) is 0 Å². The number of carbonyl (C=O) groups is 1. The topological polar surface area (TPSA) is 99.3 Å². The molecule has 0 radical (unpaired) electrons. The summed E-state index contributed by atoms with van der Waals surface area (Å²) in [6.07, 6.45) is 3.22. The number of halogens is 1. The van der Waals surface area contributed by atoms with Crippen LogP contribution in [0.2, 0.25) is 5.02 Å². The van der Waals surface area contributed by atoms with Crippen molar-refractivity contribution in [2.75, 3.05) is 6.54 Å². The minimum Gasteiger partial charge on any atom is -0.489 e. The third-order valence-corrected chi connectivity index (χ3v) is 4.07. The Morgan fingerprint density at radius 2 is 2.04 bits per heavy atom. The van der Waals surface area contributed by atoms with Crippen molar-refractivity contribution in [1.82, 2.24) is 15.1 Å². The second-order valence-electron chi connectivity index (χ2n) is 5.92. The minimum atomic E-state index is -0.465. The first kappa shape index (κ1) is 19.4. The van der Waals surface area contributed by atoms with Crippen molar-refractivity contribution in [2.45, 2.75) is 13.2 Å². The van der Waals surface area contributed by atoms with E-state index in [2.05, 4.69) is 10.4 Å². The van der Waals surface area contributed by atoms with E-state index in [9.17, 15) is 14.9 Å². The maximum absolute atomic E-state index is 12.3. The van der Waals surface area contributed by atoms with E-state index in [4.69, 9.17) is 16.3 Å². The first-order valence-electron chi connectivity index (χ1n) is 8.43. The van der Waals surface area contributed by atoms with Crippen LogP contribution in [0.25, 0.3) is 0 Å². The number of nitro benzene ring substituents is 1. The van der Waals surface area contributed by atoms with Crippen molar-refractivity contribution in [3.8, 4) is 5.75 Å². The van der Waals surface area contributed by atoms with Crippen LogP contribution in [0.1, 0.15) is 15.9 Å². The number of aromatic nitrogens is 2. The molecular formula is C19H17ClN4O4. The number of ether oxygens (including phenoxy) is 1. The molecule has 0 aliphatic rings. The smallest absolute Gasteiger partial charge is 0.269 e. The van der Waals surface area contributed by atoms with Gasteiger partial charge in [0.25, 0.3) is 11.6 Å². The number of hydrogen-bond acceptors (Lipinski definition) is 5. The quantitative estimate of drug-likeness (QED) is 0.461. The van der Waals surface area contributed by atoms with E-state index in [0.717, 1.165) is 5.56 Å². The maximum Gasteiger partial charge on any atom is 0.269 e. The fraction of sp³-hybridized carbons (Fsp3) is 0.158. The number of hydrogen-bond donors (Lipinski definition) is 1. The van der Waals surface area contributed by atoms with Gasteiger partial charge in [-0.15, -0.1) is 0 Å². The van der Waals surface area contributed by atoms with E-state index in [-0.39, 0.29) is 18.2 Å². The molecule has 0 bridgehead atoms. The van der Waals surface area contributed by atoms with Gasteiger partial charge in [0.05, 0.1) is 22.7 Å². The molecule has 9 heteroatoms. The summed E-state index contributed by atoms with van der Waals surface area (Å²) in [6.45, 7) is 1.17. The summed E-state index contributed by atoms with van der Waals surface area (Å²) in [5, 5.41) is 18.1. The number of carbonyl (C=O) groups excluding carboxylic acids is 1. The van der Waals surface area contributed by atoms with E-state index in [0.29, 0.717) is 29.4 Å². The van der Waals surface area contributed by atoms with Gasteiger partial charge in [-0.05, 0) is 29.8 Å². The fourth-order valence-electron chi connectivity index (χ4n) is 2.48. The monoisotopic (exact) mass is 400 g/mol. The highest BCUT2D eigenvalue weighted by Crippen LogP contribution is 2.18. The fourth-order valence-corrected chi connectivity index (χ4v) is 2.64. The number of rotatable bonds is 8. The van der Waals surface area contributed by atoms with Gasteiger partial charge in [-0.25, -0.2) is 0 Å². The van der Waals surface area contributed by atoms with E-state index < -0.39 is 4.92 Å². The lowest BCUT2D eigenvalue weighted by molar-refractivity contribution is -0.384. The maximum atomic E-state index is 12.3. The molecule has 0 saturated carbocycles. The molecule has 3 aromatic rings. The predicted octanol–water partition coefficient (Wildman–Crippen LogP) is 3.45. The zero-order valence-electron chi connectivity index (χ0n) is 14.7. The van der Waals surface area contributed by atoms with Gasteiger partial charge in [-0.3, -0.25) is 19.6 Å². The van der Waals surface area contributed by atoms with Crippen LogP contribution in [0, 0.1) is 10.1 Å². The van der Waals surface area contributed by atoms with Crippen molar-refractivity contribution in [3.63, 3.8) is 0 Å². The molecule has 0 spiro atoms. The Balaban J connectivity index is 1.52. The van der Waals surface area contributed by atoms with Gasteiger partial charge in [-0.2, -0.15) is 5.10 Å². The second kappa shape index (κ2) is 9.01. The van der Waals surface area contributed by atoms with E-state index in [1.165, 1.54) is 30.5 Å². The second-order valence-corrected chi connectivity index (χ2v) is 6.35. The van der Waals surface area contributed by atoms with Gasteiger partial charge < -0.3 is 10.1 Å². The van der Waals surface area contributed by atoms with Crippen LogP contribution in [0.4, 0.5) is 5.69 Å². The minimum absolute atomic E-state index is 0.00315. The number of non-ortho nitro benzene ring substituents is 1. The highest BCUT2D eigenvalue weighted by Gasteiger charge is 2.08. The first-order chi connectivity index (χ1) is 13.5. The van der Waals surface area contributed by atoms with Crippen molar-refractivity contribution >= 4 is 23.2 Å². The Morgan fingerprint density at radius 3 is 2.71 bits per heavy atom. The molecule has 0 atom stereocenters. The summed E-state index contributed by atoms with van der Waals surface area (Å²) in [6, 6.07) is 12.9. The summed E-state index contributed by atoms with van der Waals surface area (Å²) in [5.41, 5.74) is 1.33. The highest BCUT2D eigenvalue weighted by atomic mass is 35.5. The zero-order valence-corrected chi connectivity index (χ0v) is 15.5. The zero-order chi connectivity index (χ0) is 19.9. The summed E-state index contributed by atoms with van der Waals surface area (Å²) in [4.78, 5) is 22.5. The molecule has 8 nitrogen and oxygen atoms in total. The number of nitro groups is 1. The van der Waals surface area contributed by atoms with Crippen molar-refractivity contribution < 1.29 is 14.5 Å². The molecule has 0 aliphatic carbocycles. The number of nitrogens with one attached hydrogen (secondary N) is 1. The Kier molecular flexibility index (Phi) is 6.23. The molecule has 3 rings (SSSR count). The van der Waals surface area contributed by atoms with E-state index in [1.807, 2.05) is 6.07 Å². The first-order valence-corrected chi connectivity index (χ1v) is 8.81. The largest absolute Gasteiger partial charge is 0.489 e. The molecule has 1 heterocycles. The van der Waals surface area contributed by atoms with Gasteiger partial charge in [0.2, 0.25) is 0 Å². The average molecular weight is 401 g/mol. The highest BCUT2D eigenvalue weighted by molar-refractivity contribution is 6.30. The lowest BCUT2D eigenvalue weighted by Gasteiger charge is -2.09. The number of amides is 1. The summed E-state index contributed by atoms with van der Waals surface area (Å²) in [7, 11) is 0. The molecule has 144 valence electrons. The molecular weight excluding hydrogens is 384 g/mol. The van der Waals surface area contributed by atoms with Crippen LogP contribution in [0.15, 0.2) is 60.9 Å². The van der Waals surface area contributed by atoms with Crippen molar-refractivity contribution in [1.29, 1.82) is 0 Å².